The predicted molar refractivity (Wildman–Crippen MR) is 88.3 cm³/mol. The molecule has 6 nitrogen and oxygen atoms in total. The minimum Gasteiger partial charge on any atom is -0.334 e. The first-order valence-corrected chi connectivity index (χ1v) is 7.57. The maximum atomic E-state index is 11.8. The second kappa shape index (κ2) is 7.23. The van der Waals surface area contributed by atoms with E-state index in [1.807, 2.05) is 61.5 Å². The molecule has 1 saturated heterocycles. The number of hydrogen-bond acceptors (Lipinski definition) is 4. The van der Waals surface area contributed by atoms with Gasteiger partial charge in [-0.1, -0.05) is 42.5 Å². The van der Waals surface area contributed by atoms with Gasteiger partial charge in [-0.3, -0.25) is 10.2 Å². The van der Waals surface area contributed by atoms with Crippen molar-refractivity contribution in [1.29, 1.82) is 0 Å². The average Bonchev–Trinajstić information content (AvgIpc) is 3.01. The van der Waals surface area contributed by atoms with Crippen molar-refractivity contribution in [2.24, 2.45) is 0 Å². The summed E-state index contributed by atoms with van der Waals surface area (Å²) in [5, 5.41) is 8.88. The summed E-state index contributed by atoms with van der Waals surface area (Å²) in [7, 11) is 0. The lowest BCUT2D eigenvalue weighted by molar-refractivity contribution is 0.0329. The molecule has 0 aromatic heterocycles. The van der Waals surface area contributed by atoms with Crippen LogP contribution in [0.15, 0.2) is 54.6 Å². The van der Waals surface area contributed by atoms with Gasteiger partial charge in [-0.25, -0.2) is 4.79 Å². The van der Waals surface area contributed by atoms with Gasteiger partial charge in [-0.15, -0.1) is 0 Å². The molecule has 0 radical (unpaired) electrons. The van der Waals surface area contributed by atoms with E-state index in [1.54, 1.807) is 0 Å². The molecule has 120 valence electrons. The summed E-state index contributed by atoms with van der Waals surface area (Å²) >= 11 is 0. The van der Waals surface area contributed by atoms with E-state index in [2.05, 4.69) is 21.4 Å². The molecule has 6 heteroatoms. The van der Waals surface area contributed by atoms with E-state index in [0.29, 0.717) is 6.54 Å². The van der Waals surface area contributed by atoms with E-state index in [9.17, 15) is 4.79 Å². The third-order valence-electron chi connectivity index (χ3n) is 3.56. The Morgan fingerprint density at radius 3 is 2.52 bits per heavy atom. The maximum absolute atomic E-state index is 11.8. The van der Waals surface area contributed by atoms with Gasteiger partial charge in [-0.05, 0) is 30.2 Å². The first-order chi connectivity index (χ1) is 11.2. The fourth-order valence-corrected chi connectivity index (χ4v) is 2.34. The van der Waals surface area contributed by atoms with Crippen LogP contribution in [-0.4, -0.2) is 12.3 Å². The van der Waals surface area contributed by atoms with Crippen LogP contribution in [0.3, 0.4) is 0 Å². The van der Waals surface area contributed by atoms with Gasteiger partial charge in [0.2, 0.25) is 0 Å². The number of benzene rings is 2. The highest BCUT2D eigenvalue weighted by Crippen LogP contribution is 2.16. The van der Waals surface area contributed by atoms with Gasteiger partial charge < -0.3 is 10.6 Å². The van der Waals surface area contributed by atoms with E-state index in [0.717, 1.165) is 16.8 Å². The standard InChI is InChI=1S/C17H20N4O2/c1-12-19-16(21-23-12)14-9-7-13(8-10-14)11-18-17(22)20-15-5-3-2-4-6-15/h2-10,12,16,19,21H,11H2,1H3,(H2,18,20,22). The molecule has 4 N–H and O–H groups in total. The molecule has 1 fully saturated rings. The molecule has 2 amide bonds. The number of rotatable bonds is 4. The van der Waals surface area contributed by atoms with Crippen molar-refractivity contribution in [3.63, 3.8) is 0 Å². The number of carbonyl (C=O) groups excluding carboxylic acids is 1. The lowest BCUT2D eigenvalue weighted by Crippen LogP contribution is -2.28. The summed E-state index contributed by atoms with van der Waals surface area (Å²) < 4.78 is 0. The van der Waals surface area contributed by atoms with Gasteiger partial charge in [0.05, 0.1) is 0 Å². The van der Waals surface area contributed by atoms with Crippen molar-refractivity contribution in [2.45, 2.75) is 25.9 Å². The van der Waals surface area contributed by atoms with E-state index in [-0.39, 0.29) is 18.4 Å². The fraction of sp³-hybridized carbons (Fsp3) is 0.235. The minimum atomic E-state index is -0.221. The van der Waals surface area contributed by atoms with Crippen LogP contribution in [0.1, 0.15) is 24.2 Å². The van der Waals surface area contributed by atoms with Crippen LogP contribution in [0, 0.1) is 0 Å². The second-order valence-electron chi connectivity index (χ2n) is 5.39. The Morgan fingerprint density at radius 1 is 1.13 bits per heavy atom. The zero-order valence-electron chi connectivity index (χ0n) is 12.9. The van der Waals surface area contributed by atoms with Gasteiger partial charge in [0.25, 0.3) is 0 Å². The summed E-state index contributed by atoms with van der Waals surface area (Å²) in [6.07, 6.45) is -0.0172. The van der Waals surface area contributed by atoms with Crippen molar-refractivity contribution >= 4 is 11.7 Å². The van der Waals surface area contributed by atoms with Crippen LogP contribution in [0.4, 0.5) is 10.5 Å². The summed E-state index contributed by atoms with van der Waals surface area (Å²) in [6, 6.07) is 17.1. The lowest BCUT2D eigenvalue weighted by Gasteiger charge is -2.11. The molecule has 2 aromatic carbocycles. The normalized spacial score (nSPS) is 20.2. The Kier molecular flexibility index (Phi) is 4.87. The number of hydrogen-bond donors (Lipinski definition) is 4. The van der Waals surface area contributed by atoms with Crippen molar-refractivity contribution < 1.29 is 9.63 Å². The Balaban J connectivity index is 1.49. The predicted octanol–water partition coefficient (Wildman–Crippen LogP) is 2.48. The van der Waals surface area contributed by atoms with Gasteiger partial charge in [-0.2, -0.15) is 5.48 Å². The molecule has 3 rings (SSSR count). The third-order valence-corrected chi connectivity index (χ3v) is 3.56. The van der Waals surface area contributed by atoms with E-state index in [1.165, 1.54) is 0 Å². The van der Waals surface area contributed by atoms with Crippen LogP contribution in [-0.2, 0) is 11.4 Å². The lowest BCUT2D eigenvalue weighted by atomic mass is 10.1. The summed E-state index contributed by atoms with van der Waals surface area (Å²) in [4.78, 5) is 17.1. The van der Waals surface area contributed by atoms with Crippen LogP contribution < -0.4 is 21.4 Å². The number of carbonyl (C=O) groups is 1. The molecule has 1 aliphatic heterocycles. The monoisotopic (exact) mass is 312 g/mol. The van der Waals surface area contributed by atoms with Crippen LogP contribution in [0.25, 0.3) is 0 Å². The third kappa shape index (κ3) is 4.29. The molecule has 2 aromatic rings. The maximum Gasteiger partial charge on any atom is 0.319 e. The van der Waals surface area contributed by atoms with Crippen molar-refractivity contribution in [1.82, 2.24) is 16.1 Å². The average molecular weight is 312 g/mol. The topological polar surface area (TPSA) is 74.4 Å². The van der Waals surface area contributed by atoms with Gasteiger partial charge in [0.1, 0.15) is 12.4 Å². The molecule has 0 aliphatic carbocycles. The quantitative estimate of drug-likeness (QED) is 0.700. The van der Waals surface area contributed by atoms with Gasteiger partial charge in [0, 0.05) is 12.2 Å². The molecule has 0 spiro atoms. The SMILES string of the molecule is CC1NC(c2ccc(CNC(=O)Nc3ccccc3)cc2)NO1. The van der Waals surface area contributed by atoms with Gasteiger partial charge >= 0.3 is 6.03 Å². The number of urea groups is 1. The largest absolute Gasteiger partial charge is 0.334 e. The van der Waals surface area contributed by atoms with Crippen molar-refractivity contribution in [2.75, 3.05) is 5.32 Å². The number of nitrogens with one attached hydrogen (secondary N) is 4. The first-order valence-electron chi connectivity index (χ1n) is 7.57. The second-order valence-corrected chi connectivity index (χ2v) is 5.39. The van der Waals surface area contributed by atoms with E-state index >= 15 is 0 Å². The molecular weight excluding hydrogens is 292 g/mol. The van der Waals surface area contributed by atoms with Crippen molar-refractivity contribution in [3.8, 4) is 0 Å². The number of amides is 2. The van der Waals surface area contributed by atoms with Gasteiger partial charge in [0.15, 0.2) is 0 Å². The Labute approximate surface area is 135 Å². The molecule has 0 bridgehead atoms. The number of anilines is 1. The smallest absolute Gasteiger partial charge is 0.319 e. The molecule has 1 heterocycles. The molecule has 0 saturated carbocycles. The zero-order chi connectivity index (χ0) is 16.1. The Bertz CT molecular complexity index is 645. The van der Waals surface area contributed by atoms with Crippen molar-refractivity contribution in [3.05, 3.63) is 65.7 Å². The van der Waals surface area contributed by atoms with E-state index in [4.69, 9.17) is 4.84 Å². The fourth-order valence-electron chi connectivity index (χ4n) is 2.34. The Morgan fingerprint density at radius 2 is 1.87 bits per heavy atom. The number of para-hydroxylation sites is 1. The highest BCUT2D eigenvalue weighted by molar-refractivity contribution is 5.89. The molecule has 1 aliphatic rings. The summed E-state index contributed by atoms with van der Waals surface area (Å²) in [6.45, 7) is 2.41. The Hall–Kier alpha value is -2.41. The summed E-state index contributed by atoms with van der Waals surface area (Å²) in [5.74, 6) is 0. The number of hydroxylamine groups is 1. The first kappa shape index (κ1) is 15.5. The molecular formula is C17H20N4O2. The van der Waals surface area contributed by atoms with Crippen LogP contribution in [0.2, 0.25) is 0 Å². The summed E-state index contributed by atoms with van der Waals surface area (Å²) in [5.41, 5.74) is 5.82. The minimum absolute atomic E-state index is 0.00612. The zero-order valence-corrected chi connectivity index (χ0v) is 12.9. The van der Waals surface area contributed by atoms with Crippen LogP contribution >= 0.6 is 0 Å². The van der Waals surface area contributed by atoms with E-state index < -0.39 is 0 Å². The molecule has 23 heavy (non-hydrogen) atoms. The highest BCUT2D eigenvalue weighted by Gasteiger charge is 2.21. The highest BCUT2D eigenvalue weighted by atomic mass is 16.7. The van der Waals surface area contributed by atoms with Crippen LogP contribution in [0.5, 0.6) is 0 Å². The molecule has 2 atom stereocenters. The molecule has 2 unspecified atom stereocenters.